The number of halogens is 2. The molecule has 64 valence electrons. The lowest BCUT2D eigenvalue weighted by atomic mass is 10.4. The summed E-state index contributed by atoms with van der Waals surface area (Å²) in [7, 11) is 1.30. The summed E-state index contributed by atoms with van der Waals surface area (Å²) in [4.78, 5) is 10.3. The second-order valence-corrected chi connectivity index (χ2v) is 1.68. The molecule has 0 aliphatic carbocycles. The van der Waals surface area contributed by atoms with Crippen molar-refractivity contribution in [2.24, 2.45) is 5.73 Å². The van der Waals surface area contributed by atoms with Crippen LogP contribution >= 0.6 is 37.4 Å². The molecule has 10 heavy (non-hydrogen) atoms. The molecule has 0 saturated heterocycles. The van der Waals surface area contributed by atoms with Gasteiger partial charge in [-0.2, -0.15) is 12.6 Å². The molecule has 0 aliphatic rings. The lowest BCUT2D eigenvalue weighted by Crippen LogP contribution is -2.32. The second-order valence-electron chi connectivity index (χ2n) is 1.31. The summed E-state index contributed by atoms with van der Waals surface area (Å²) < 4.78 is 4.29. The number of thiol groups is 1. The lowest BCUT2D eigenvalue weighted by molar-refractivity contribution is -0.141. The van der Waals surface area contributed by atoms with Gasteiger partial charge in [-0.05, 0) is 0 Å². The third kappa shape index (κ3) is 6.48. The Hall–Kier alpha value is 0.360. The largest absolute Gasteiger partial charge is 0.468 e. The topological polar surface area (TPSA) is 52.3 Å². The van der Waals surface area contributed by atoms with Gasteiger partial charge in [0.2, 0.25) is 0 Å². The third-order valence-corrected chi connectivity index (χ3v) is 1.09. The van der Waals surface area contributed by atoms with Crippen molar-refractivity contribution in [3.63, 3.8) is 0 Å². The van der Waals surface area contributed by atoms with Gasteiger partial charge in [0.1, 0.15) is 6.04 Å². The average Bonchev–Trinajstić information content (AvgIpc) is 1.84. The minimum atomic E-state index is -0.580. The number of hydrogen-bond acceptors (Lipinski definition) is 4. The zero-order valence-electron chi connectivity index (χ0n) is 5.44. The van der Waals surface area contributed by atoms with E-state index >= 15 is 0 Å². The standard InChI is InChI=1S/C4H9NO2S.2ClH/c1-7-4(6)3(5)2-8;;/h3,8H,2,5H2,1H3;2*1H/t3-;;/m0../s1. The number of methoxy groups -OCH3 is 1. The SMILES string of the molecule is COC(=O)[C@@H](N)CS.Cl.Cl. The van der Waals surface area contributed by atoms with E-state index in [-0.39, 0.29) is 24.8 Å². The van der Waals surface area contributed by atoms with Gasteiger partial charge in [0.15, 0.2) is 0 Å². The van der Waals surface area contributed by atoms with E-state index in [1.807, 2.05) is 0 Å². The minimum Gasteiger partial charge on any atom is -0.468 e. The van der Waals surface area contributed by atoms with Crippen LogP contribution in [0, 0.1) is 0 Å². The van der Waals surface area contributed by atoms with E-state index in [0.717, 1.165) is 0 Å². The first kappa shape index (κ1) is 16.8. The predicted octanol–water partition coefficient (Wildman–Crippen LogP) is 0.260. The normalized spacial score (nSPS) is 10.3. The number of rotatable bonds is 2. The monoisotopic (exact) mass is 207 g/mol. The summed E-state index contributed by atoms with van der Waals surface area (Å²) in [6.45, 7) is 0. The molecular weight excluding hydrogens is 197 g/mol. The number of nitrogens with two attached hydrogens (primary N) is 1. The molecule has 0 amide bonds. The van der Waals surface area contributed by atoms with E-state index < -0.39 is 12.0 Å². The van der Waals surface area contributed by atoms with Gasteiger partial charge in [-0.1, -0.05) is 0 Å². The first-order chi connectivity index (χ1) is 3.72. The third-order valence-electron chi connectivity index (χ3n) is 0.701. The number of esters is 1. The van der Waals surface area contributed by atoms with Crippen LogP contribution in [-0.2, 0) is 9.53 Å². The van der Waals surface area contributed by atoms with E-state index in [9.17, 15) is 4.79 Å². The first-order valence-electron chi connectivity index (χ1n) is 2.16. The van der Waals surface area contributed by atoms with Gasteiger partial charge >= 0.3 is 5.97 Å². The summed E-state index contributed by atoms with van der Waals surface area (Å²) in [6.07, 6.45) is 0. The molecule has 0 saturated carbocycles. The average molecular weight is 208 g/mol. The van der Waals surface area contributed by atoms with Gasteiger partial charge < -0.3 is 10.5 Å². The van der Waals surface area contributed by atoms with Crippen molar-refractivity contribution in [2.45, 2.75) is 6.04 Å². The minimum absolute atomic E-state index is 0. The smallest absolute Gasteiger partial charge is 0.323 e. The highest BCUT2D eigenvalue weighted by molar-refractivity contribution is 7.80. The number of ether oxygens (including phenoxy) is 1. The Bertz CT molecular complexity index is 93.3. The van der Waals surface area contributed by atoms with Crippen LogP contribution in [0.1, 0.15) is 0 Å². The molecular formula is C4H11Cl2NO2S. The molecule has 0 unspecified atom stereocenters. The molecule has 3 nitrogen and oxygen atoms in total. The van der Waals surface area contributed by atoms with Crippen molar-refractivity contribution in [1.82, 2.24) is 0 Å². The fourth-order valence-corrected chi connectivity index (χ4v) is 0.375. The van der Waals surface area contributed by atoms with E-state index in [1.54, 1.807) is 0 Å². The Labute approximate surface area is 77.9 Å². The zero-order chi connectivity index (χ0) is 6.57. The molecule has 6 heteroatoms. The van der Waals surface area contributed by atoms with E-state index in [0.29, 0.717) is 5.75 Å². The van der Waals surface area contributed by atoms with Crippen LogP contribution in [-0.4, -0.2) is 24.9 Å². The van der Waals surface area contributed by atoms with Crippen molar-refractivity contribution in [1.29, 1.82) is 0 Å². The Morgan fingerprint density at radius 1 is 1.70 bits per heavy atom. The van der Waals surface area contributed by atoms with Crippen molar-refractivity contribution in [3.05, 3.63) is 0 Å². The van der Waals surface area contributed by atoms with Crippen LogP contribution in [0.5, 0.6) is 0 Å². The van der Waals surface area contributed by atoms with Gasteiger partial charge in [0, 0.05) is 5.75 Å². The molecule has 2 N–H and O–H groups in total. The maximum atomic E-state index is 10.3. The molecule has 0 aromatic carbocycles. The number of carbonyl (C=O) groups excluding carboxylic acids is 1. The van der Waals surface area contributed by atoms with Crippen molar-refractivity contribution in [2.75, 3.05) is 12.9 Å². The first-order valence-corrected chi connectivity index (χ1v) is 2.80. The molecule has 0 bridgehead atoms. The molecule has 0 aromatic rings. The highest BCUT2D eigenvalue weighted by Crippen LogP contribution is 1.84. The summed E-state index contributed by atoms with van der Waals surface area (Å²) in [5, 5.41) is 0. The molecule has 0 spiro atoms. The molecule has 1 atom stereocenters. The van der Waals surface area contributed by atoms with Crippen LogP contribution in [0.15, 0.2) is 0 Å². The predicted molar refractivity (Wildman–Crippen MR) is 48.3 cm³/mol. The second kappa shape index (κ2) is 9.36. The zero-order valence-corrected chi connectivity index (χ0v) is 7.97. The lowest BCUT2D eigenvalue weighted by Gasteiger charge is -2.02. The quantitative estimate of drug-likeness (QED) is 0.505. The highest BCUT2D eigenvalue weighted by atomic mass is 35.5. The van der Waals surface area contributed by atoms with Crippen LogP contribution in [0.2, 0.25) is 0 Å². The van der Waals surface area contributed by atoms with E-state index in [1.165, 1.54) is 7.11 Å². The summed E-state index contributed by atoms with van der Waals surface area (Å²) in [5.74, 6) is -0.0906. The molecule has 0 aromatic heterocycles. The van der Waals surface area contributed by atoms with Crippen LogP contribution in [0.25, 0.3) is 0 Å². The fraction of sp³-hybridized carbons (Fsp3) is 0.750. The van der Waals surface area contributed by atoms with Gasteiger partial charge in [-0.3, -0.25) is 4.79 Å². The molecule has 0 fully saturated rings. The maximum absolute atomic E-state index is 10.3. The molecule has 0 aliphatic heterocycles. The van der Waals surface area contributed by atoms with Crippen molar-refractivity contribution >= 4 is 43.4 Å². The Morgan fingerprint density at radius 2 is 2.10 bits per heavy atom. The maximum Gasteiger partial charge on any atom is 0.323 e. The number of carbonyl (C=O) groups is 1. The highest BCUT2D eigenvalue weighted by Gasteiger charge is 2.09. The molecule has 0 radical (unpaired) electrons. The summed E-state index contributed by atoms with van der Waals surface area (Å²) >= 11 is 3.78. The molecule has 0 rings (SSSR count). The van der Waals surface area contributed by atoms with Crippen LogP contribution in [0.3, 0.4) is 0 Å². The number of hydrogen-bond donors (Lipinski definition) is 2. The van der Waals surface area contributed by atoms with Crippen LogP contribution < -0.4 is 5.73 Å². The Kier molecular flexibility index (Phi) is 15.7. The van der Waals surface area contributed by atoms with Gasteiger partial charge in [-0.15, -0.1) is 24.8 Å². The fourth-order valence-electron chi connectivity index (χ4n) is 0.226. The Balaban J connectivity index is -0.000000245. The van der Waals surface area contributed by atoms with Gasteiger partial charge in [0.25, 0.3) is 0 Å². The van der Waals surface area contributed by atoms with E-state index in [2.05, 4.69) is 17.4 Å². The van der Waals surface area contributed by atoms with E-state index in [4.69, 9.17) is 5.73 Å². The Morgan fingerprint density at radius 3 is 2.20 bits per heavy atom. The molecule has 0 heterocycles. The van der Waals surface area contributed by atoms with Gasteiger partial charge in [-0.25, -0.2) is 0 Å². The van der Waals surface area contributed by atoms with Gasteiger partial charge in [0.05, 0.1) is 7.11 Å². The van der Waals surface area contributed by atoms with Crippen molar-refractivity contribution in [3.8, 4) is 0 Å². The van der Waals surface area contributed by atoms with Crippen molar-refractivity contribution < 1.29 is 9.53 Å². The van der Waals surface area contributed by atoms with Crippen LogP contribution in [0.4, 0.5) is 0 Å². The summed E-state index contributed by atoms with van der Waals surface area (Å²) in [6, 6.07) is -0.580. The summed E-state index contributed by atoms with van der Waals surface area (Å²) in [5.41, 5.74) is 5.18.